The van der Waals surface area contributed by atoms with E-state index >= 15 is 0 Å². The molecular weight excluding hydrogens is 320 g/mol. The number of carbonyl (C=O) groups is 1. The second-order valence-electron chi connectivity index (χ2n) is 4.40. The summed E-state index contributed by atoms with van der Waals surface area (Å²) in [4.78, 5) is 24.3. The van der Waals surface area contributed by atoms with E-state index in [0.29, 0.717) is 28.0 Å². The van der Waals surface area contributed by atoms with Crippen molar-refractivity contribution < 1.29 is 9.53 Å². The number of amides is 1. The van der Waals surface area contributed by atoms with Crippen LogP contribution in [0.1, 0.15) is 10.4 Å². The largest absolute Gasteiger partial charge is 0.496 e. The normalized spacial score (nSPS) is 10.3. The van der Waals surface area contributed by atoms with Crippen LogP contribution in [0.3, 0.4) is 0 Å². The number of aromatic nitrogens is 5. The van der Waals surface area contributed by atoms with Crippen molar-refractivity contribution in [1.29, 1.82) is 0 Å². The summed E-state index contributed by atoms with van der Waals surface area (Å²) in [6, 6.07) is 6.36. The highest BCUT2D eigenvalue weighted by Gasteiger charge is 2.14. The Morgan fingerprint density at radius 1 is 1.26 bits per heavy atom. The molecule has 0 aliphatic carbocycles. The maximum atomic E-state index is 12.4. The molecule has 2 aromatic heterocycles. The third-order valence-electron chi connectivity index (χ3n) is 2.95. The lowest BCUT2D eigenvalue weighted by atomic mass is 10.2. The lowest BCUT2D eigenvalue weighted by Crippen LogP contribution is -2.15. The van der Waals surface area contributed by atoms with Gasteiger partial charge in [-0.1, -0.05) is 11.6 Å². The Labute approximate surface area is 136 Å². The van der Waals surface area contributed by atoms with Gasteiger partial charge in [-0.15, -0.1) is 0 Å². The van der Waals surface area contributed by atoms with Crippen molar-refractivity contribution in [3.8, 4) is 11.6 Å². The van der Waals surface area contributed by atoms with Crippen LogP contribution in [-0.2, 0) is 0 Å². The van der Waals surface area contributed by atoms with Crippen LogP contribution in [0.25, 0.3) is 5.82 Å². The van der Waals surface area contributed by atoms with Gasteiger partial charge in [0.15, 0.2) is 5.82 Å². The van der Waals surface area contributed by atoms with Gasteiger partial charge in [0.25, 0.3) is 5.91 Å². The molecule has 0 saturated heterocycles. The van der Waals surface area contributed by atoms with Gasteiger partial charge >= 0.3 is 0 Å². The third-order valence-corrected chi connectivity index (χ3v) is 3.19. The van der Waals surface area contributed by atoms with Gasteiger partial charge in [-0.25, -0.2) is 19.6 Å². The van der Waals surface area contributed by atoms with Crippen molar-refractivity contribution in [2.45, 2.75) is 0 Å². The Bertz CT molecular complexity index is 837. The summed E-state index contributed by atoms with van der Waals surface area (Å²) < 4.78 is 6.62. The summed E-state index contributed by atoms with van der Waals surface area (Å²) in [5, 5.41) is 7.07. The lowest BCUT2D eigenvalue weighted by molar-refractivity contribution is 0.102. The van der Waals surface area contributed by atoms with Gasteiger partial charge < -0.3 is 10.1 Å². The first kappa shape index (κ1) is 14.9. The summed E-state index contributed by atoms with van der Waals surface area (Å²) in [6.07, 6.45) is 4.20. The van der Waals surface area contributed by atoms with Crippen LogP contribution in [0.2, 0.25) is 5.02 Å². The molecule has 9 heteroatoms. The van der Waals surface area contributed by atoms with Gasteiger partial charge in [-0.2, -0.15) is 5.10 Å². The second kappa shape index (κ2) is 6.41. The van der Waals surface area contributed by atoms with E-state index in [4.69, 9.17) is 16.3 Å². The average molecular weight is 331 g/mol. The minimum Gasteiger partial charge on any atom is -0.496 e. The van der Waals surface area contributed by atoms with Crippen molar-refractivity contribution in [1.82, 2.24) is 24.7 Å². The van der Waals surface area contributed by atoms with Crippen molar-refractivity contribution >= 4 is 23.3 Å². The maximum absolute atomic E-state index is 12.4. The average Bonchev–Trinajstić information content (AvgIpc) is 3.09. The van der Waals surface area contributed by atoms with Crippen molar-refractivity contribution in [2.24, 2.45) is 0 Å². The minimum absolute atomic E-state index is 0.306. The van der Waals surface area contributed by atoms with Gasteiger partial charge in [0.2, 0.25) is 0 Å². The molecule has 0 radical (unpaired) electrons. The van der Waals surface area contributed by atoms with Crippen LogP contribution < -0.4 is 10.1 Å². The molecule has 3 rings (SSSR count). The van der Waals surface area contributed by atoms with E-state index in [-0.39, 0.29) is 0 Å². The summed E-state index contributed by atoms with van der Waals surface area (Å²) in [5.74, 6) is 0.813. The molecule has 116 valence electrons. The Hall–Kier alpha value is -3.00. The van der Waals surface area contributed by atoms with E-state index in [9.17, 15) is 4.79 Å². The number of anilines is 1. The van der Waals surface area contributed by atoms with E-state index in [0.717, 1.165) is 0 Å². The monoisotopic (exact) mass is 330 g/mol. The molecule has 1 aromatic carbocycles. The van der Waals surface area contributed by atoms with Gasteiger partial charge in [-0.05, 0) is 18.2 Å². The van der Waals surface area contributed by atoms with Crippen molar-refractivity contribution in [2.75, 3.05) is 12.4 Å². The molecule has 1 amide bonds. The molecule has 3 aromatic rings. The number of methoxy groups -OCH3 is 1. The quantitative estimate of drug-likeness (QED) is 0.786. The van der Waals surface area contributed by atoms with Crippen molar-refractivity contribution in [3.05, 3.63) is 53.8 Å². The third kappa shape index (κ3) is 3.27. The first-order chi connectivity index (χ1) is 11.2. The second-order valence-corrected chi connectivity index (χ2v) is 4.84. The molecule has 0 fully saturated rings. The fraction of sp³-hybridized carbons (Fsp3) is 0.0714. The van der Waals surface area contributed by atoms with E-state index in [2.05, 4.69) is 25.4 Å². The molecular formula is C14H11ClN6O2. The molecule has 0 unspecified atom stereocenters. The molecule has 8 nitrogen and oxygen atoms in total. The van der Waals surface area contributed by atoms with E-state index in [1.807, 2.05) is 0 Å². The molecule has 0 bridgehead atoms. The molecule has 0 aliphatic heterocycles. The van der Waals surface area contributed by atoms with E-state index in [1.165, 1.54) is 36.8 Å². The summed E-state index contributed by atoms with van der Waals surface area (Å²) in [5.41, 5.74) is 0.306. The highest BCUT2D eigenvalue weighted by molar-refractivity contribution is 6.31. The first-order valence-corrected chi connectivity index (χ1v) is 6.87. The number of rotatable bonds is 4. The lowest BCUT2D eigenvalue weighted by Gasteiger charge is -2.09. The topological polar surface area (TPSA) is 94.8 Å². The van der Waals surface area contributed by atoms with Crippen LogP contribution in [-0.4, -0.2) is 37.7 Å². The molecule has 0 aliphatic rings. The number of nitrogens with zero attached hydrogens (tertiary/aromatic N) is 5. The van der Waals surface area contributed by atoms with E-state index in [1.54, 1.807) is 18.2 Å². The zero-order chi connectivity index (χ0) is 16.2. The fourth-order valence-electron chi connectivity index (χ4n) is 1.91. The Morgan fingerprint density at radius 3 is 2.87 bits per heavy atom. The predicted octanol–water partition coefficient (Wildman–Crippen LogP) is 1.97. The number of carbonyl (C=O) groups excluding carboxylic acids is 1. The number of nitrogens with one attached hydrogen (secondary N) is 1. The SMILES string of the molecule is COc1ccc(Cl)cc1C(=O)Nc1cc(-n2cncn2)ncn1. The van der Waals surface area contributed by atoms with Gasteiger partial charge in [0.1, 0.15) is 30.5 Å². The highest BCUT2D eigenvalue weighted by Crippen LogP contribution is 2.23. The summed E-state index contributed by atoms with van der Waals surface area (Å²) >= 11 is 5.93. The Kier molecular flexibility index (Phi) is 4.15. The van der Waals surface area contributed by atoms with Crippen LogP contribution in [0.4, 0.5) is 5.82 Å². The summed E-state index contributed by atoms with van der Waals surface area (Å²) in [7, 11) is 1.48. The van der Waals surface area contributed by atoms with Gasteiger partial charge in [-0.3, -0.25) is 4.79 Å². The number of hydrogen-bond donors (Lipinski definition) is 1. The minimum atomic E-state index is -0.396. The maximum Gasteiger partial charge on any atom is 0.260 e. The number of halogens is 1. The van der Waals surface area contributed by atoms with Gasteiger partial charge in [0, 0.05) is 11.1 Å². The molecule has 0 spiro atoms. The van der Waals surface area contributed by atoms with Crippen molar-refractivity contribution in [3.63, 3.8) is 0 Å². The van der Waals surface area contributed by atoms with E-state index < -0.39 is 5.91 Å². The van der Waals surface area contributed by atoms with Crippen LogP contribution in [0.15, 0.2) is 43.2 Å². The fourth-order valence-corrected chi connectivity index (χ4v) is 2.08. The zero-order valence-electron chi connectivity index (χ0n) is 12.0. The predicted molar refractivity (Wildman–Crippen MR) is 82.9 cm³/mol. The molecule has 2 heterocycles. The molecule has 1 N–H and O–H groups in total. The Morgan fingerprint density at radius 2 is 2.13 bits per heavy atom. The first-order valence-electron chi connectivity index (χ1n) is 6.49. The smallest absolute Gasteiger partial charge is 0.260 e. The molecule has 0 saturated carbocycles. The Balaban J connectivity index is 1.86. The zero-order valence-corrected chi connectivity index (χ0v) is 12.7. The standard InChI is InChI=1S/C14H11ClN6O2/c1-23-11-3-2-9(15)4-10(11)14(22)20-12-5-13(18-7-17-12)21-8-16-6-19-21/h2-8H,1H3,(H,17,18,20,22). The molecule has 0 atom stereocenters. The number of ether oxygens (including phenoxy) is 1. The van der Waals surface area contributed by atoms with Crippen LogP contribution in [0.5, 0.6) is 5.75 Å². The van der Waals surface area contributed by atoms with Crippen LogP contribution >= 0.6 is 11.6 Å². The molecule has 23 heavy (non-hydrogen) atoms. The summed E-state index contributed by atoms with van der Waals surface area (Å²) in [6.45, 7) is 0. The van der Waals surface area contributed by atoms with Crippen LogP contribution in [0, 0.1) is 0 Å². The highest BCUT2D eigenvalue weighted by atomic mass is 35.5. The number of benzene rings is 1. The number of hydrogen-bond acceptors (Lipinski definition) is 6. The van der Waals surface area contributed by atoms with Gasteiger partial charge in [0.05, 0.1) is 12.7 Å².